The predicted octanol–water partition coefficient (Wildman–Crippen LogP) is 1.22. The molecule has 0 unspecified atom stereocenters. The largest absolute Gasteiger partial charge is 0.494 e. The number of hydrogen-bond acceptors (Lipinski definition) is 4. The minimum atomic E-state index is 0.417. The molecule has 13 heavy (non-hydrogen) atoms. The number of para-hydroxylation sites is 1. The lowest BCUT2D eigenvalue weighted by atomic mass is 10.3. The van der Waals surface area contributed by atoms with Crippen LogP contribution in [-0.2, 0) is 0 Å². The highest BCUT2D eigenvalue weighted by Crippen LogP contribution is 2.21. The first-order valence-corrected chi connectivity index (χ1v) is 3.86. The molecule has 1 aromatic carbocycles. The third kappa shape index (κ3) is 1.26. The molecule has 4 heteroatoms. The van der Waals surface area contributed by atoms with Crippen molar-refractivity contribution in [2.24, 2.45) is 0 Å². The quantitative estimate of drug-likeness (QED) is 0.707. The van der Waals surface area contributed by atoms with Gasteiger partial charge in [-0.25, -0.2) is 9.97 Å². The summed E-state index contributed by atoms with van der Waals surface area (Å²) in [5, 5.41) is 0. The monoisotopic (exact) mass is 175 g/mol. The molecule has 0 aliphatic heterocycles. The highest BCUT2D eigenvalue weighted by atomic mass is 16.5. The first-order chi connectivity index (χ1) is 6.31. The summed E-state index contributed by atoms with van der Waals surface area (Å²) in [7, 11) is 1.60. The van der Waals surface area contributed by atoms with Crippen molar-refractivity contribution in [1.29, 1.82) is 0 Å². The fourth-order valence-electron chi connectivity index (χ4n) is 1.19. The summed E-state index contributed by atoms with van der Waals surface area (Å²) in [6.45, 7) is 0. The van der Waals surface area contributed by atoms with E-state index in [1.807, 2.05) is 18.2 Å². The van der Waals surface area contributed by atoms with Gasteiger partial charge in [0.05, 0.1) is 18.8 Å². The minimum Gasteiger partial charge on any atom is -0.494 e. The molecular weight excluding hydrogens is 166 g/mol. The smallest absolute Gasteiger partial charge is 0.146 e. The van der Waals surface area contributed by atoms with E-state index >= 15 is 0 Å². The Bertz CT molecular complexity index is 442. The van der Waals surface area contributed by atoms with Gasteiger partial charge in [0, 0.05) is 0 Å². The molecule has 0 radical (unpaired) electrons. The summed E-state index contributed by atoms with van der Waals surface area (Å²) in [5.41, 5.74) is 6.99. The summed E-state index contributed by atoms with van der Waals surface area (Å²) >= 11 is 0. The zero-order valence-electron chi connectivity index (χ0n) is 7.19. The molecule has 0 amide bonds. The molecule has 0 atom stereocenters. The number of ether oxygens (including phenoxy) is 1. The Kier molecular flexibility index (Phi) is 1.73. The number of anilines is 1. The average molecular weight is 175 g/mol. The van der Waals surface area contributed by atoms with Crippen LogP contribution in [-0.4, -0.2) is 17.1 Å². The highest BCUT2D eigenvalue weighted by Gasteiger charge is 2.02. The van der Waals surface area contributed by atoms with Crippen LogP contribution in [0.1, 0.15) is 0 Å². The van der Waals surface area contributed by atoms with Crippen molar-refractivity contribution in [3.05, 3.63) is 24.4 Å². The van der Waals surface area contributed by atoms with Crippen molar-refractivity contribution in [1.82, 2.24) is 9.97 Å². The minimum absolute atomic E-state index is 0.417. The Labute approximate surface area is 75.4 Å². The first-order valence-electron chi connectivity index (χ1n) is 3.86. The number of hydrogen-bond donors (Lipinski definition) is 1. The summed E-state index contributed by atoms with van der Waals surface area (Å²) in [4.78, 5) is 8.26. The van der Waals surface area contributed by atoms with Crippen LogP contribution >= 0.6 is 0 Å². The van der Waals surface area contributed by atoms with Crippen LogP contribution in [0, 0.1) is 0 Å². The molecular formula is C9H9N3O. The normalized spacial score (nSPS) is 10.2. The van der Waals surface area contributed by atoms with E-state index in [9.17, 15) is 0 Å². The molecule has 0 aliphatic carbocycles. The van der Waals surface area contributed by atoms with Crippen LogP contribution in [0.4, 0.5) is 5.82 Å². The number of aromatic nitrogens is 2. The number of fused-ring (bicyclic) bond motifs is 1. The summed E-state index contributed by atoms with van der Waals surface area (Å²) in [5.74, 6) is 1.13. The van der Waals surface area contributed by atoms with Crippen LogP contribution in [0.15, 0.2) is 24.4 Å². The van der Waals surface area contributed by atoms with Gasteiger partial charge in [0.1, 0.15) is 17.1 Å². The second-order valence-electron chi connectivity index (χ2n) is 2.62. The zero-order chi connectivity index (χ0) is 9.26. The van der Waals surface area contributed by atoms with E-state index < -0.39 is 0 Å². The Morgan fingerprint density at radius 1 is 1.38 bits per heavy atom. The van der Waals surface area contributed by atoms with Crippen molar-refractivity contribution < 1.29 is 4.74 Å². The van der Waals surface area contributed by atoms with Crippen LogP contribution in [0.2, 0.25) is 0 Å². The number of nitrogens with zero attached hydrogens (tertiary/aromatic N) is 2. The van der Waals surface area contributed by atoms with E-state index in [1.165, 1.54) is 6.20 Å². The molecule has 4 nitrogen and oxygen atoms in total. The standard InChI is InChI=1S/C9H9N3O/c1-13-7-4-2-3-6-9(7)11-5-8(10)12-6/h2-5H,1H3,(H2,10,12). The van der Waals surface area contributed by atoms with Crippen LogP contribution in [0.3, 0.4) is 0 Å². The van der Waals surface area contributed by atoms with Gasteiger partial charge in [-0.15, -0.1) is 0 Å². The number of nitrogens with two attached hydrogens (primary N) is 1. The van der Waals surface area contributed by atoms with Gasteiger partial charge >= 0.3 is 0 Å². The number of benzene rings is 1. The predicted molar refractivity (Wildman–Crippen MR) is 50.5 cm³/mol. The SMILES string of the molecule is COc1cccc2nc(N)cnc12. The summed E-state index contributed by atoms with van der Waals surface area (Å²) in [6.07, 6.45) is 1.52. The topological polar surface area (TPSA) is 61.0 Å². The molecule has 2 rings (SSSR count). The molecule has 66 valence electrons. The highest BCUT2D eigenvalue weighted by molar-refractivity contribution is 5.81. The van der Waals surface area contributed by atoms with E-state index in [0.29, 0.717) is 11.6 Å². The number of methoxy groups -OCH3 is 1. The second-order valence-corrected chi connectivity index (χ2v) is 2.62. The molecule has 0 aliphatic rings. The van der Waals surface area contributed by atoms with Crippen molar-refractivity contribution in [3.8, 4) is 5.75 Å². The van der Waals surface area contributed by atoms with Crippen LogP contribution < -0.4 is 10.5 Å². The maximum absolute atomic E-state index is 5.50. The Hall–Kier alpha value is -1.84. The Morgan fingerprint density at radius 2 is 2.23 bits per heavy atom. The lowest BCUT2D eigenvalue weighted by Gasteiger charge is -2.03. The lowest BCUT2D eigenvalue weighted by Crippen LogP contribution is -1.94. The fourth-order valence-corrected chi connectivity index (χ4v) is 1.19. The van der Waals surface area contributed by atoms with Gasteiger partial charge in [-0.1, -0.05) is 6.07 Å². The maximum atomic E-state index is 5.50. The molecule has 0 spiro atoms. The molecule has 2 N–H and O–H groups in total. The molecule has 2 aromatic rings. The molecule has 0 fully saturated rings. The van der Waals surface area contributed by atoms with E-state index in [1.54, 1.807) is 7.11 Å². The van der Waals surface area contributed by atoms with Gasteiger partial charge in [-0.05, 0) is 12.1 Å². The van der Waals surface area contributed by atoms with E-state index in [-0.39, 0.29) is 0 Å². The third-order valence-electron chi connectivity index (χ3n) is 1.77. The van der Waals surface area contributed by atoms with Crippen molar-refractivity contribution in [2.45, 2.75) is 0 Å². The maximum Gasteiger partial charge on any atom is 0.146 e. The van der Waals surface area contributed by atoms with E-state index in [2.05, 4.69) is 9.97 Å². The van der Waals surface area contributed by atoms with Gasteiger partial charge < -0.3 is 10.5 Å². The number of nitrogen functional groups attached to an aromatic ring is 1. The van der Waals surface area contributed by atoms with Gasteiger partial charge in [0.2, 0.25) is 0 Å². The van der Waals surface area contributed by atoms with E-state index in [0.717, 1.165) is 11.0 Å². The molecule has 1 aromatic heterocycles. The van der Waals surface area contributed by atoms with Crippen molar-refractivity contribution >= 4 is 16.9 Å². The Morgan fingerprint density at radius 3 is 3.00 bits per heavy atom. The molecule has 0 saturated heterocycles. The average Bonchev–Trinajstić information content (AvgIpc) is 2.16. The number of rotatable bonds is 1. The molecule has 1 heterocycles. The lowest BCUT2D eigenvalue weighted by molar-refractivity contribution is 0.419. The van der Waals surface area contributed by atoms with Gasteiger partial charge in [0.25, 0.3) is 0 Å². The first kappa shape index (κ1) is 7.79. The van der Waals surface area contributed by atoms with Gasteiger partial charge in [-0.3, -0.25) is 0 Å². The molecule has 0 saturated carbocycles. The van der Waals surface area contributed by atoms with Gasteiger partial charge in [-0.2, -0.15) is 0 Å². The summed E-state index contributed by atoms with van der Waals surface area (Å²) < 4.78 is 5.12. The Balaban J connectivity index is 2.77. The zero-order valence-corrected chi connectivity index (χ0v) is 7.19. The van der Waals surface area contributed by atoms with E-state index in [4.69, 9.17) is 10.5 Å². The van der Waals surface area contributed by atoms with Gasteiger partial charge in [0.15, 0.2) is 0 Å². The van der Waals surface area contributed by atoms with Crippen LogP contribution in [0.5, 0.6) is 5.75 Å². The van der Waals surface area contributed by atoms with Crippen molar-refractivity contribution in [3.63, 3.8) is 0 Å². The second kappa shape index (κ2) is 2.90. The third-order valence-corrected chi connectivity index (χ3v) is 1.77. The molecule has 0 bridgehead atoms. The fraction of sp³-hybridized carbons (Fsp3) is 0.111. The summed E-state index contributed by atoms with van der Waals surface area (Å²) in [6, 6.07) is 5.55. The van der Waals surface area contributed by atoms with Crippen molar-refractivity contribution in [2.75, 3.05) is 12.8 Å². The van der Waals surface area contributed by atoms with Crippen LogP contribution in [0.25, 0.3) is 11.0 Å².